The van der Waals surface area contributed by atoms with Crippen molar-refractivity contribution in [2.24, 2.45) is 0 Å². The molecule has 0 spiro atoms. The van der Waals surface area contributed by atoms with Crippen molar-refractivity contribution in [3.05, 3.63) is 46.7 Å². The summed E-state index contributed by atoms with van der Waals surface area (Å²) in [6.45, 7) is 2.82. The molecule has 0 saturated heterocycles. The van der Waals surface area contributed by atoms with E-state index in [4.69, 9.17) is 28.4 Å². The van der Waals surface area contributed by atoms with Crippen LogP contribution in [0.4, 0.5) is 0 Å². The van der Waals surface area contributed by atoms with Crippen LogP contribution in [0.5, 0.6) is 28.7 Å². The van der Waals surface area contributed by atoms with Crippen LogP contribution in [-0.4, -0.2) is 67.6 Å². The van der Waals surface area contributed by atoms with E-state index in [9.17, 15) is 9.90 Å². The third-order valence-corrected chi connectivity index (χ3v) is 5.67. The summed E-state index contributed by atoms with van der Waals surface area (Å²) >= 11 is 0. The number of hydrogen-bond donors (Lipinski definition) is 1. The lowest BCUT2D eigenvalue weighted by molar-refractivity contribution is -0.914. The van der Waals surface area contributed by atoms with E-state index in [1.807, 2.05) is 0 Å². The van der Waals surface area contributed by atoms with Crippen LogP contribution in [0, 0.1) is 0 Å². The standard InChI is InChI=1S/C25H31NO8/c1-29-12-10-26(11-13-30-2)15-18-19(27)8-7-17-22(28)21(34-24(17)18)14-16-6-9-20(31-3)25(33-5)23(16)32-4/h6-9,14,27H,10-13,15H2,1-5H3/b21-14-. The normalized spacial score (nSPS) is 13.8. The summed E-state index contributed by atoms with van der Waals surface area (Å²) in [6, 6.07) is 6.39. The van der Waals surface area contributed by atoms with Gasteiger partial charge >= 0.3 is 0 Å². The zero-order valence-corrected chi connectivity index (χ0v) is 20.2. The topological polar surface area (TPSA) is 100.0 Å². The zero-order chi connectivity index (χ0) is 24.7. The predicted molar refractivity (Wildman–Crippen MR) is 123 cm³/mol. The first-order valence-corrected chi connectivity index (χ1v) is 10.9. The van der Waals surface area contributed by atoms with E-state index in [0.717, 1.165) is 4.90 Å². The Balaban J connectivity index is 1.97. The molecule has 2 aromatic carbocycles. The zero-order valence-electron chi connectivity index (χ0n) is 20.2. The summed E-state index contributed by atoms with van der Waals surface area (Å²) in [4.78, 5) is 14.2. The number of rotatable bonds is 12. The lowest BCUT2D eigenvalue weighted by Crippen LogP contribution is -3.11. The molecular weight excluding hydrogens is 442 g/mol. The molecule has 2 aromatic rings. The molecule has 0 fully saturated rings. The Morgan fingerprint density at radius 3 is 2.18 bits per heavy atom. The number of hydrogen-bond acceptors (Lipinski definition) is 8. The van der Waals surface area contributed by atoms with Crippen molar-refractivity contribution in [3.8, 4) is 28.7 Å². The Kier molecular flexibility index (Phi) is 8.75. The van der Waals surface area contributed by atoms with E-state index in [-0.39, 0.29) is 17.3 Å². The van der Waals surface area contributed by atoms with E-state index < -0.39 is 0 Å². The van der Waals surface area contributed by atoms with E-state index in [2.05, 4.69) is 0 Å². The largest absolute Gasteiger partial charge is 0.872 e. The third kappa shape index (κ3) is 5.27. The molecule has 1 aliphatic heterocycles. The number of allylic oxidation sites excluding steroid dienone is 1. The van der Waals surface area contributed by atoms with E-state index in [1.54, 1.807) is 32.4 Å². The lowest BCUT2D eigenvalue weighted by Gasteiger charge is -2.23. The Labute approximate surface area is 199 Å². The number of methoxy groups -OCH3 is 5. The summed E-state index contributed by atoms with van der Waals surface area (Å²) in [5.41, 5.74) is 1.39. The van der Waals surface area contributed by atoms with Gasteiger partial charge in [-0.15, -0.1) is 0 Å². The van der Waals surface area contributed by atoms with Gasteiger partial charge in [0.25, 0.3) is 0 Å². The molecule has 1 heterocycles. The minimum atomic E-state index is -0.302. The molecule has 0 unspecified atom stereocenters. The summed E-state index contributed by atoms with van der Waals surface area (Å²) in [6.07, 6.45) is 1.58. The average Bonchev–Trinajstić information content (AvgIpc) is 3.16. The molecule has 0 saturated carbocycles. The highest BCUT2D eigenvalue weighted by atomic mass is 16.5. The summed E-state index contributed by atoms with van der Waals surface area (Å²) in [7, 11) is 7.81. The van der Waals surface area contributed by atoms with Crippen LogP contribution in [0.2, 0.25) is 0 Å². The van der Waals surface area contributed by atoms with Crippen LogP contribution < -0.4 is 29.0 Å². The van der Waals surface area contributed by atoms with E-state index >= 15 is 0 Å². The van der Waals surface area contributed by atoms with E-state index in [1.165, 1.54) is 33.5 Å². The summed E-state index contributed by atoms with van der Waals surface area (Å²) < 4.78 is 32.6. The fourth-order valence-corrected chi connectivity index (χ4v) is 3.88. The lowest BCUT2D eigenvalue weighted by atomic mass is 10.0. The highest BCUT2D eigenvalue weighted by Crippen LogP contribution is 2.43. The number of benzene rings is 2. The average molecular weight is 474 g/mol. The number of ketones is 1. The van der Waals surface area contributed by atoms with Crippen LogP contribution >= 0.6 is 0 Å². The molecule has 0 aromatic heterocycles. The predicted octanol–water partition coefficient (Wildman–Crippen LogP) is 1.08. The summed E-state index contributed by atoms with van der Waals surface area (Å²) in [5.74, 6) is 1.23. The highest BCUT2D eigenvalue weighted by Gasteiger charge is 2.31. The Hall–Kier alpha value is -3.27. The molecule has 184 valence electrons. The van der Waals surface area contributed by atoms with Gasteiger partial charge in [0.05, 0.1) is 40.1 Å². The molecular formula is C25H31NO8. The number of fused-ring (bicyclic) bond motifs is 1. The van der Waals surface area contributed by atoms with Crippen molar-refractivity contribution in [2.75, 3.05) is 61.9 Å². The third-order valence-electron chi connectivity index (χ3n) is 5.67. The van der Waals surface area contributed by atoms with Crippen molar-refractivity contribution in [1.29, 1.82) is 0 Å². The molecule has 1 aliphatic rings. The monoisotopic (exact) mass is 473 g/mol. The molecule has 34 heavy (non-hydrogen) atoms. The van der Waals surface area contributed by atoms with Gasteiger partial charge in [0.2, 0.25) is 11.5 Å². The van der Waals surface area contributed by atoms with Gasteiger partial charge in [0, 0.05) is 25.3 Å². The molecule has 0 amide bonds. The van der Waals surface area contributed by atoms with Gasteiger partial charge in [0.15, 0.2) is 17.3 Å². The number of carbonyl (C=O) groups is 1. The summed E-state index contributed by atoms with van der Waals surface area (Å²) in [5, 5.41) is 12.8. The van der Waals surface area contributed by atoms with Crippen molar-refractivity contribution in [3.63, 3.8) is 0 Å². The molecule has 9 nitrogen and oxygen atoms in total. The van der Waals surface area contributed by atoms with Crippen LogP contribution in [-0.2, 0) is 16.0 Å². The van der Waals surface area contributed by atoms with Crippen LogP contribution in [0.3, 0.4) is 0 Å². The number of Topliss-reactive ketones (excluding diaryl/α,β-unsaturated/α-hetero) is 1. The molecule has 9 heteroatoms. The molecule has 0 atom stereocenters. The second-order valence-electron chi connectivity index (χ2n) is 7.69. The first kappa shape index (κ1) is 25.4. The van der Waals surface area contributed by atoms with Gasteiger partial charge in [-0.3, -0.25) is 4.79 Å². The first-order valence-electron chi connectivity index (χ1n) is 10.9. The van der Waals surface area contributed by atoms with E-state index in [0.29, 0.717) is 72.5 Å². The van der Waals surface area contributed by atoms with Gasteiger partial charge < -0.3 is 38.4 Å². The van der Waals surface area contributed by atoms with Crippen molar-refractivity contribution in [2.45, 2.75) is 6.54 Å². The molecule has 3 rings (SSSR count). The number of nitrogens with one attached hydrogen (secondary N) is 1. The maximum Gasteiger partial charge on any atom is 0.231 e. The van der Waals surface area contributed by atoms with Gasteiger partial charge in [0.1, 0.15) is 25.4 Å². The van der Waals surface area contributed by atoms with Gasteiger partial charge in [-0.25, -0.2) is 0 Å². The second kappa shape index (κ2) is 11.7. The number of quaternary nitrogens is 1. The Morgan fingerprint density at radius 2 is 1.59 bits per heavy atom. The minimum absolute atomic E-state index is 0.0997. The van der Waals surface area contributed by atoms with Gasteiger partial charge in [-0.1, -0.05) is 11.8 Å². The van der Waals surface area contributed by atoms with Gasteiger partial charge in [-0.05, 0) is 24.3 Å². The van der Waals surface area contributed by atoms with Crippen molar-refractivity contribution >= 4 is 11.9 Å². The second-order valence-corrected chi connectivity index (χ2v) is 7.69. The molecule has 0 bridgehead atoms. The fourth-order valence-electron chi connectivity index (χ4n) is 3.88. The number of carbonyl (C=O) groups excluding carboxylic acids is 1. The van der Waals surface area contributed by atoms with Gasteiger partial charge in [-0.2, -0.15) is 0 Å². The maximum absolute atomic E-state index is 13.1. The van der Waals surface area contributed by atoms with Crippen LogP contribution in [0.25, 0.3) is 6.08 Å². The SMILES string of the molecule is COCC[NH+](CCOC)Cc1c([O-])ccc2c1O/C(=C\c1ccc(OC)c(OC)c1OC)C2=O. The quantitative estimate of drug-likeness (QED) is 0.457. The van der Waals surface area contributed by atoms with Crippen molar-refractivity contribution < 1.29 is 43.2 Å². The molecule has 0 radical (unpaired) electrons. The maximum atomic E-state index is 13.1. The first-order chi connectivity index (χ1) is 16.5. The van der Waals surface area contributed by atoms with Crippen molar-refractivity contribution in [1.82, 2.24) is 0 Å². The number of ether oxygens (including phenoxy) is 6. The van der Waals surface area contributed by atoms with Crippen LogP contribution in [0.15, 0.2) is 30.0 Å². The molecule has 0 aliphatic carbocycles. The van der Waals surface area contributed by atoms with Crippen LogP contribution in [0.1, 0.15) is 21.5 Å². The molecule has 1 N–H and O–H groups in total. The Morgan fingerprint density at radius 1 is 0.912 bits per heavy atom. The smallest absolute Gasteiger partial charge is 0.231 e. The fraction of sp³-hybridized carbons (Fsp3) is 0.400. The highest BCUT2D eigenvalue weighted by molar-refractivity contribution is 6.15. The Bertz CT molecular complexity index is 1040. The minimum Gasteiger partial charge on any atom is -0.872 e.